The van der Waals surface area contributed by atoms with Gasteiger partial charge in [-0.05, 0) is 66.2 Å². The van der Waals surface area contributed by atoms with E-state index in [1.807, 2.05) is 12.1 Å². The van der Waals surface area contributed by atoms with Gasteiger partial charge >= 0.3 is 6.36 Å². The van der Waals surface area contributed by atoms with Gasteiger partial charge in [0.05, 0.1) is 0 Å². The smallest absolute Gasteiger partial charge is 0.403 e. The average molecular weight is 434 g/mol. The summed E-state index contributed by atoms with van der Waals surface area (Å²) in [5.41, 5.74) is 1.48. The van der Waals surface area contributed by atoms with E-state index in [9.17, 15) is 17.6 Å². The third-order valence-corrected chi connectivity index (χ3v) is 6.34. The molecule has 0 aromatic heterocycles. The van der Waals surface area contributed by atoms with Crippen molar-refractivity contribution in [3.05, 3.63) is 65.7 Å². The molecule has 0 atom stereocenters. The molecule has 31 heavy (non-hydrogen) atoms. The van der Waals surface area contributed by atoms with Gasteiger partial charge in [0.1, 0.15) is 5.82 Å². The van der Waals surface area contributed by atoms with Crippen molar-refractivity contribution in [2.24, 2.45) is 5.92 Å². The fourth-order valence-electron chi connectivity index (χ4n) is 4.57. The van der Waals surface area contributed by atoms with Crippen molar-refractivity contribution < 1.29 is 26.7 Å². The summed E-state index contributed by atoms with van der Waals surface area (Å²) >= 11 is 0. The Morgan fingerprint density at radius 1 is 0.903 bits per heavy atom. The van der Waals surface area contributed by atoms with Gasteiger partial charge in [0.25, 0.3) is 0 Å². The molecular formula is C25H23F5O. The zero-order valence-electron chi connectivity index (χ0n) is 17.1. The Morgan fingerprint density at radius 3 is 2.29 bits per heavy atom. The number of alkyl halides is 3. The highest BCUT2D eigenvalue weighted by Gasteiger charge is 2.32. The van der Waals surface area contributed by atoms with Crippen LogP contribution in [-0.2, 0) is 0 Å². The van der Waals surface area contributed by atoms with Gasteiger partial charge < -0.3 is 4.74 Å². The summed E-state index contributed by atoms with van der Waals surface area (Å²) < 4.78 is 69.9. The first-order valence-electron chi connectivity index (χ1n) is 10.5. The van der Waals surface area contributed by atoms with Gasteiger partial charge in [0, 0.05) is 10.9 Å². The van der Waals surface area contributed by atoms with Crippen LogP contribution in [0, 0.1) is 17.6 Å². The molecular weight excluding hydrogens is 411 g/mol. The summed E-state index contributed by atoms with van der Waals surface area (Å²) in [6, 6.07) is 11.9. The predicted molar refractivity (Wildman–Crippen MR) is 111 cm³/mol. The van der Waals surface area contributed by atoms with Crippen molar-refractivity contribution in [1.29, 1.82) is 0 Å². The Hall–Kier alpha value is -2.63. The van der Waals surface area contributed by atoms with Crippen LogP contribution in [0.25, 0.3) is 21.9 Å². The molecule has 1 aliphatic carbocycles. The van der Waals surface area contributed by atoms with Crippen LogP contribution in [0.1, 0.15) is 50.5 Å². The van der Waals surface area contributed by atoms with Crippen LogP contribution in [0.3, 0.4) is 0 Å². The minimum absolute atomic E-state index is 0.126. The molecule has 0 N–H and O–H groups in total. The summed E-state index contributed by atoms with van der Waals surface area (Å²) in [4.78, 5) is 0. The molecule has 0 spiro atoms. The molecule has 1 nitrogen and oxygen atoms in total. The van der Waals surface area contributed by atoms with E-state index < -0.39 is 23.7 Å². The van der Waals surface area contributed by atoms with E-state index in [-0.39, 0.29) is 11.1 Å². The molecule has 4 rings (SSSR count). The summed E-state index contributed by atoms with van der Waals surface area (Å²) in [5, 5.41) is 1.16. The topological polar surface area (TPSA) is 9.23 Å². The lowest BCUT2D eigenvalue weighted by Crippen LogP contribution is -2.17. The maximum absolute atomic E-state index is 15.2. The standard InChI is InChI=1S/C25H23F5O/c1-2-15-3-5-16(6-4-15)17-7-10-20-18(13-17)8-11-21(24(20)27)19-9-12-23(22(26)14-19)31-25(28,29)30/h7-16H,2-6H2,1H3. The monoisotopic (exact) mass is 434 g/mol. The third-order valence-electron chi connectivity index (χ3n) is 6.34. The summed E-state index contributed by atoms with van der Waals surface area (Å²) in [6.07, 6.45) is 0.914. The van der Waals surface area contributed by atoms with Crippen molar-refractivity contribution in [2.45, 2.75) is 51.3 Å². The summed E-state index contributed by atoms with van der Waals surface area (Å²) in [6.45, 7) is 2.23. The highest BCUT2D eigenvalue weighted by molar-refractivity contribution is 5.89. The van der Waals surface area contributed by atoms with Gasteiger partial charge in [-0.15, -0.1) is 13.2 Å². The van der Waals surface area contributed by atoms with Crippen LogP contribution in [0.2, 0.25) is 0 Å². The Labute approximate surface area is 177 Å². The second-order valence-corrected chi connectivity index (χ2v) is 8.23. The average Bonchev–Trinajstić information content (AvgIpc) is 2.74. The normalized spacial score (nSPS) is 19.5. The molecule has 1 aliphatic rings. The molecule has 164 valence electrons. The van der Waals surface area contributed by atoms with E-state index in [1.54, 1.807) is 12.1 Å². The van der Waals surface area contributed by atoms with Gasteiger partial charge in [-0.2, -0.15) is 0 Å². The Kier molecular flexibility index (Phi) is 5.91. The van der Waals surface area contributed by atoms with E-state index in [2.05, 4.69) is 11.7 Å². The predicted octanol–water partition coefficient (Wildman–Crippen LogP) is 8.37. The van der Waals surface area contributed by atoms with Crippen LogP contribution in [-0.4, -0.2) is 6.36 Å². The molecule has 0 bridgehead atoms. The molecule has 0 radical (unpaired) electrons. The maximum atomic E-state index is 15.2. The Morgan fingerprint density at radius 2 is 1.65 bits per heavy atom. The first-order chi connectivity index (χ1) is 14.7. The first-order valence-corrected chi connectivity index (χ1v) is 10.5. The van der Waals surface area contributed by atoms with Crippen molar-refractivity contribution in [2.75, 3.05) is 0 Å². The van der Waals surface area contributed by atoms with Gasteiger partial charge in [0.15, 0.2) is 11.6 Å². The van der Waals surface area contributed by atoms with Gasteiger partial charge in [-0.3, -0.25) is 0 Å². The van der Waals surface area contributed by atoms with Gasteiger partial charge in [-0.25, -0.2) is 8.78 Å². The zero-order chi connectivity index (χ0) is 22.2. The number of benzene rings is 3. The van der Waals surface area contributed by atoms with Crippen molar-refractivity contribution in [3.8, 4) is 16.9 Å². The number of rotatable bonds is 4. The molecule has 0 aliphatic heterocycles. The SMILES string of the molecule is CCC1CCC(c2ccc3c(F)c(-c4ccc(OC(F)(F)F)c(F)c4)ccc3c2)CC1. The highest BCUT2D eigenvalue weighted by atomic mass is 19.4. The van der Waals surface area contributed by atoms with Crippen LogP contribution in [0.15, 0.2) is 48.5 Å². The highest BCUT2D eigenvalue weighted by Crippen LogP contribution is 2.39. The lowest BCUT2D eigenvalue weighted by molar-refractivity contribution is -0.275. The fraction of sp³-hybridized carbons (Fsp3) is 0.360. The van der Waals surface area contributed by atoms with Crippen molar-refractivity contribution in [1.82, 2.24) is 0 Å². The number of fused-ring (bicyclic) bond motifs is 1. The lowest BCUT2D eigenvalue weighted by atomic mass is 9.77. The van der Waals surface area contributed by atoms with E-state index in [0.29, 0.717) is 11.3 Å². The van der Waals surface area contributed by atoms with Crippen LogP contribution in [0.4, 0.5) is 22.0 Å². The molecule has 1 fully saturated rings. The molecule has 0 unspecified atom stereocenters. The Bertz CT molecular complexity index is 1080. The van der Waals surface area contributed by atoms with E-state index in [1.165, 1.54) is 37.0 Å². The molecule has 0 amide bonds. The minimum Gasteiger partial charge on any atom is -0.403 e. The van der Waals surface area contributed by atoms with E-state index in [0.717, 1.165) is 36.3 Å². The maximum Gasteiger partial charge on any atom is 0.573 e. The largest absolute Gasteiger partial charge is 0.573 e. The third kappa shape index (κ3) is 4.68. The number of hydrogen-bond acceptors (Lipinski definition) is 1. The minimum atomic E-state index is -5.00. The molecule has 1 saturated carbocycles. The zero-order valence-corrected chi connectivity index (χ0v) is 17.1. The molecule has 6 heteroatoms. The molecule has 0 saturated heterocycles. The summed E-state index contributed by atoms with van der Waals surface area (Å²) in [7, 11) is 0. The molecule has 3 aromatic rings. The van der Waals surface area contributed by atoms with Gasteiger partial charge in [-0.1, -0.05) is 49.7 Å². The molecule has 0 heterocycles. The van der Waals surface area contributed by atoms with Crippen LogP contribution in [0.5, 0.6) is 5.75 Å². The van der Waals surface area contributed by atoms with Crippen molar-refractivity contribution in [3.63, 3.8) is 0 Å². The first kappa shape index (κ1) is 21.6. The number of ether oxygens (including phenoxy) is 1. The quantitative estimate of drug-likeness (QED) is 0.375. The fourth-order valence-corrected chi connectivity index (χ4v) is 4.57. The lowest BCUT2D eigenvalue weighted by Gasteiger charge is -2.28. The second kappa shape index (κ2) is 8.48. The Balaban J connectivity index is 1.62. The molecule has 3 aromatic carbocycles. The van der Waals surface area contributed by atoms with Crippen molar-refractivity contribution >= 4 is 10.8 Å². The second-order valence-electron chi connectivity index (χ2n) is 8.23. The number of hydrogen-bond donors (Lipinski definition) is 0. The summed E-state index contributed by atoms with van der Waals surface area (Å²) in [5.74, 6) is -1.40. The van der Waals surface area contributed by atoms with E-state index >= 15 is 4.39 Å². The van der Waals surface area contributed by atoms with Crippen LogP contribution < -0.4 is 4.74 Å². The number of halogens is 5. The van der Waals surface area contributed by atoms with E-state index in [4.69, 9.17) is 0 Å². The van der Waals surface area contributed by atoms with Gasteiger partial charge in [0.2, 0.25) is 0 Å². The van der Waals surface area contributed by atoms with Crippen LogP contribution >= 0.6 is 0 Å².